The van der Waals surface area contributed by atoms with Crippen molar-refractivity contribution in [2.45, 2.75) is 32.6 Å². The van der Waals surface area contributed by atoms with Gasteiger partial charge < -0.3 is 10.6 Å². The van der Waals surface area contributed by atoms with E-state index in [9.17, 15) is 0 Å². The van der Waals surface area contributed by atoms with E-state index in [-0.39, 0.29) is 5.92 Å². The van der Waals surface area contributed by atoms with Gasteiger partial charge in [-0.25, -0.2) is 0 Å². The average Bonchev–Trinajstić information content (AvgIpc) is 2.39. The number of hydrogen-bond acceptors (Lipinski definition) is 2. The predicted octanol–water partition coefficient (Wildman–Crippen LogP) is 3.18. The normalized spacial score (nSPS) is 12.6. The summed E-state index contributed by atoms with van der Waals surface area (Å²) in [4.78, 5) is 3.02. The molecule has 0 saturated carbocycles. The van der Waals surface area contributed by atoms with Crippen LogP contribution in [0.4, 0.5) is 0 Å². The van der Waals surface area contributed by atoms with E-state index in [1.807, 2.05) is 18.2 Å². The van der Waals surface area contributed by atoms with Crippen LogP contribution in [0.1, 0.15) is 38.2 Å². The molecule has 0 radical (unpaired) electrons. The van der Waals surface area contributed by atoms with Crippen molar-refractivity contribution in [2.24, 2.45) is 5.73 Å². The zero-order chi connectivity index (χ0) is 13.4. The lowest BCUT2D eigenvalue weighted by atomic mass is 9.98. The van der Waals surface area contributed by atoms with Crippen molar-refractivity contribution in [3.05, 3.63) is 35.9 Å². The van der Waals surface area contributed by atoms with Crippen molar-refractivity contribution in [1.29, 1.82) is 0 Å². The number of rotatable bonds is 8. The fourth-order valence-electron chi connectivity index (χ4n) is 2.06. The Morgan fingerprint density at radius 1 is 1.28 bits per heavy atom. The molecule has 0 fully saturated rings. The van der Waals surface area contributed by atoms with E-state index in [0.29, 0.717) is 4.99 Å². The standard InChI is InChI=1S/C15H24N2S/c1-3-5-11-17(4-2)12-14(15(16)18)13-9-7-6-8-10-13/h6-10,14H,3-5,11-12H2,1-2H3,(H2,16,18). The molecule has 0 amide bonds. The summed E-state index contributed by atoms with van der Waals surface area (Å²) in [6, 6.07) is 10.3. The third-order valence-corrected chi connectivity index (χ3v) is 3.55. The number of hydrogen-bond donors (Lipinski definition) is 1. The Bertz CT molecular complexity index is 351. The lowest BCUT2D eigenvalue weighted by Gasteiger charge is -2.26. The monoisotopic (exact) mass is 264 g/mol. The third-order valence-electron chi connectivity index (χ3n) is 3.26. The van der Waals surface area contributed by atoms with Gasteiger partial charge in [-0.05, 0) is 25.1 Å². The van der Waals surface area contributed by atoms with Gasteiger partial charge in [-0.15, -0.1) is 0 Å². The summed E-state index contributed by atoms with van der Waals surface area (Å²) < 4.78 is 0. The van der Waals surface area contributed by atoms with Gasteiger partial charge in [-0.2, -0.15) is 0 Å². The SMILES string of the molecule is CCCCN(CC)CC(C(N)=S)c1ccccc1. The molecule has 1 atom stereocenters. The smallest absolute Gasteiger partial charge is 0.0816 e. The maximum Gasteiger partial charge on any atom is 0.0816 e. The summed E-state index contributed by atoms with van der Waals surface area (Å²) in [6.45, 7) is 7.51. The van der Waals surface area contributed by atoms with Gasteiger partial charge in [0, 0.05) is 12.5 Å². The topological polar surface area (TPSA) is 29.3 Å². The molecule has 1 aromatic carbocycles. The summed E-state index contributed by atoms with van der Waals surface area (Å²) in [7, 11) is 0. The van der Waals surface area contributed by atoms with Crippen molar-refractivity contribution in [3.8, 4) is 0 Å². The maximum absolute atomic E-state index is 5.91. The highest BCUT2D eigenvalue weighted by Crippen LogP contribution is 2.17. The molecule has 0 heterocycles. The maximum atomic E-state index is 5.91. The molecule has 18 heavy (non-hydrogen) atoms. The summed E-state index contributed by atoms with van der Waals surface area (Å²) in [5.74, 6) is 0.165. The number of benzene rings is 1. The van der Waals surface area contributed by atoms with E-state index in [1.54, 1.807) is 0 Å². The van der Waals surface area contributed by atoms with E-state index in [1.165, 1.54) is 18.4 Å². The number of likely N-dealkylation sites (N-methyl/N-ethyl adjacent to an activating group) is 1. The van der Waals surface area contributed by atoms with Gasteiger partial charge in [0.1, 0.15) is 0 Å². The van der Waals surface area contributed by atoms with Crippen LogP contribution in [0.15, 0.2) is 30.3 Å². The first-order valence-corrected chi connectivity index (χ1v) is 7.16. The summed E-state index contributed by atoms with van der Waals surface area (Å²) >= 11 is 5.23. The lowest BCUT2D eigenvalue weighted by molar-refractivity contribution is 0.281. The highest BCUT2D eigenvalue weighted by Gasteiger charge is 2.17. The van der Waals surface area contributed by atoms with E-state index in [0.717, 1.165) is 19.6 Å². The van der Waals surface area contributed by atoms with Crippen molar-refractivity contribution in [2.75, 3.05) is 19.6 Å². The van der Waals surface area contributed by atoms with Crippen molar-refractivity contribution in [1.82, 2.24) is 4.90 Å². The zero-order valence-electron chi connectivity index (χ0n) is 11.4. The molecular formula is C15H24N2S. The average molecular weight is 264 g/mol. The minimum atomic E-state index is 0.165. The highest BCUT2D eigenvalue weighted by molar-refractivity contribution is 7.80. The molecule has 0 aliphatic heterocycles. The Labute approximate surface area is 116 Å². The van der Waals surface area contributed by atoms with Crippen LogP contribution in [0.25, 0.3) is 0 Å². The van der Waals surface area contributed by atoms with Crippen LogP contribution in [0.5, 0.6) is 0 Å². The lowest BCUT2D eigenvalue weighted by Crippen LogP contribution is -2.34. The molecule has 1 aromatic rings. The second-order valence-corrected chi connectivity index (χ2v) is 5.08. The fraction of sp³-hybridized carbons (Fsp3) is 0.533. The highest BCUT2D eigenvalue weighted by atomic mass is 32.1. The van der Waals surface area contributed by atoms with Gasteiger partial charge in [-0.3, -0.25) is 0 Å². The Hall–Kier alpha value is -0.930. The van der Waals surface area contributed by atoms with Gasteiger partial charge in [0.15, 0.2) is 0 Å². The van der Waals surface area contributed by atoms with Crippen LogP contribution in [0.3, 0.4) is 0 Å². The molecule has 2 N–H and O–H groups in total. The predicted molar refractivity (Wildman–Crippen MR) is 83.0 cm³/mol. The van der Waals surface area contributed by atoms with Crippen molar-refractivity contribution < 1.29 is 0 Å². The quantitative estimate of drug-likeness (QED) is 0.731. The molecule has 0 aromatic heterocycles. The minimum absolute atomic E-state index is 0.165. The molecule has 3 heteroatoms. The molecule has 0 aliphatic carbocycles. The van der Waals surface area contributed by atoms with E-state index in [2.05, 4.69) is 30.9 Å². The Kier molecular flexibility index (Phi) is 6.91. The van der Waals surface area contributed by atoms with Gasteiger partial charge in [-0.1, -0.05) is 62.8 Å². The third kappa shape index (κ3) is 4.75. The fourth-order valence-corrected chi connectivity index (χ4v) is 2.27. The number of thiocarbonyl (C=S) groups is 1. The number of unbranched alkanes of at least 4 members (excludes halogenated alkanes) is 1. The Morgan fingerprint density at radius 3 is 2.44 bits per heavy atom. The zero-order valence-corrected chi connectivity index (χ0v) is 12.2. The summed E-state index contributed by atoms with van der Waals surface area (Å²) in [5, 5.41) is 0. The van der Waals surface area contributed by atoms with Crippen LogP contribution in [0.2, 0.25) is 0 Å². The first kappa shape index (κ1) is 15.1. The molecule has 0 saturated heterocycles. The largest absolute Gasteiger partial charge is 0.393 e. The molecule has 2 nitrogen and oxygen atoms in total. The molecule has 0 aliphatic rings. The summed E-state index contributed by atoms with van der Waals surface area (Å²) in [5.41, 5.74) is 7.13. The molecule has 0 spiro atoms. The van der Waals surface area contributed by atoms with Crippen LogP contribution in [0, 0.1) is 0 Å². The second-order valence-electron chi connectivity index (χ2n) is 4.61. The first-order chi connectivity index (χ1) is 8.69. The van der Waals surface area contributed by atoms with E-state index < -0.39 is 0 Å². The van der Waals surface area contributed by atoms with Crippen LogP contribution >= 0.6 is 12.2 Å². The van der Waals surface area contributed by atoms with Crippen molar-refractivity contribution >= 4 is 17.2 Å². The summed E-state index contributed by atoms with van der Waals surface area (Å²) in [6.07, 6.45) is 2.45. The van der Waals surface area contributed by atoms with E-state index >= 15 is 0 Å². The molecule has 1 rings (SSSR count). The minimum Gasteiger partial charge on any atom is -0.393 e. The van der Waals surface area contributed by atoms with Crippen molar-refractivity contribution in [3.63, 3.8) is 0 Å². The number of nitrogens with zero attached hydrogens (tertiary/aromatic N) is 1. The molecule has 1 unspecified atom stereocenters. The van der Waals surface area contributed by atoms with Gasteiger partial charge in [0.25, 0.3) is 0 Å². The van der Waals surface area contributed by atoms with E-state index in [4.69, 9.17) is 18.0 Å². The number of nitrogens with two attached hydrogens (primary N) is 1. The van der Waals surface area contributed by atoms with Gasteiger partial charge >= 0.3 is 0 Å². The Balaban J connectivity index is 2.71. The van der Waals surface area contributed by atoms with Gasteiger partial charge in [0.05, 0.1) is 4.99 Å². The van der Waals surface area contributed by atoms with Crippen LogP contribution in [-0.2, 0) is 0 Å². The van der Waals surface area contributed by atoms with Crippen LogP contribution in [-0.4, -0.2) is 29.5 Å². The molecule has 0 bridgehead atoms. The Morgan fingerprint density at radius 2 is 1.94 bits per heavy atom. The van der Waals surface area contributed by atoms with Crippen LogP contribution < -0.4 is 5.73 Å². The molecule has 100 valence electrons. The molecular weight excluding hydrogens is 240 g/mol. The first-order valence-electron chi connectivity index (χ1n) is 6.75. The second kappa shape index (κ2) is 8.22. The van der Waals surface area contributed by atoms with Gasteiger partial charge in [0.2, 0.25) is 0 Å².